The average Bonchev–Trinajstić information content (AvgIpc) is 3.10. The van der Waals surface area contributed by atoms with Gasteiger partial charge in [-0.2, -0.15) is 5.10 Å². The summed E-state index contributed by atoms with van der Waals surface area (Å²) >= 11 is 6.08. The van der Waals surface area contributed by atoms with Crippen LogP contribution >= 0.6 is 11.6 Å². The van der Waals surface area contributed by atoms with Crippen molar-refractivity contribution in [1.82, 2.24) is 9.78 Å². The number of benzene rings is 2. The molecule has 0 saturated carbocycles. The molecule has 1 aliphatic rings. The standard InChI is InChI=1S/C17H13ClFN3/c18-12-2-1-3-14(10-12)22-17-15(8-9-20-17)16(21-22)11-4-6-13(19)7-5-11/h1-7,10,20H,8-9H2. The predicted octanol–water partition coefficient (Wildman–Crippen LogP) is 4.30. The zero-order valence-electron chi connectivity index (χ0n) is 11.7. The van der Waals surface area contributed by atoms with Gasteiger partial charge in [-0.05, 0) is 48.9 Å². The number of fused-ring (bicyclic) bond motifs is 1. The molecule has 0 saturated heterocycles. The highest BCUT2D eigenvalue weighted by Crippen LogP contribution is 2.34. The van der Waals surface area contributed by atoms with E-state index in [1.54, 1.807) is 12.1 Å². The van der Waals surface area contributed by atoms with Gasteiger partial charge in [-0.3, -0.25) is 0 Å². The third kappa shape index (κ3) is 2.16. The van der Waals surface area contributed by atoms with Gasteiger partial charge in [0, 0.05) is 22.7 Å². The first-order valence-corrected chi connectivity index (χ1v) is 7.48. The summed E-state index contributed by atoms with van der Waals surface area (Å²) in [6, 6.07) is 14.0. The van der Waals surface area contributed by atoms with Crippen LogP contribution in [0.2, 0.25) is 5.02 Å². The van der Waals surface area contributed by atoms with Crippen LogP contribution in [-0.4, -0.2) is 16.3 Å². The topological polar surface area (TPSA) is 29.9 Å². The highest BCUT2D eigenvalue weighted by molar-refractivity contribution is 6.30. The Kier molecular flexibility index (Phi) is 3.12. The van der Waals surface area contributed by atoms with Crippen molar-refractivity contribution in [3.05, 3.63) is 64.9 Å². The molecule has 3 nitrogen and oxygen atoms in total. The fourth-order valence-electron chi connectivity index (χ4n) is 2.81. The minimum Gasteiger partial charge on any atom is -0.369 e. The normalized spacial score (nSPS) is 13.0. The summed E-state index contributed by atoms with van der Waals surface area (Å²) in [6.45, 7) is 0.877. The van der Waals surface area contributed by atoms with E-state index in [1.807, 2.05) is 28.9 Å². The highest BCUT2D eigenvalue weighted by Gasteiger charge is 2.23. The van der Waals surface area contributed by atoms with Crippen LogP contribution in [0.3, 0.4) is 0 Å². The fraction of sp³-hybridized carbons (Fsp3) is 0.118. The Morgan fingerprint density at radius 1 is 1.14 bits per heavy atom. The van der Waals surface area contributed by atoms with Crippen molar-refractivity contribution in [3.63, 3.8) is 0 Å². The van der Waals surface area contributed by atoms with Gasteiger partial charge < -0.3 is 5.32 Å². The Bertz CT molecular complexity index is 840. The highest BCUT2D eigenvalue weighted by atomic mass is 35.5. The maximum atomic E-state index is 13.1. The molecule has 0 amide bonds. The Morgan fingerprint density at radius 2 is 1.95 bits per heavy atom. The summed E-state index contributed by atoms with van der Waals surface area (Å²) < 4.78 is 15.0. The number of anilines is 1. The third-order valence-corrected chi connectivity index (χ3v) is 4.06. The maximum absolute atomic E-state index is 13.1. The zero-order valence-corrected chi connectivity index (χ0v) is 12.4. The molecule has 0 fully saturated rings. The van der Waals surface area contributed by atoms with E-state index in [0.717, 1.165) is 41.3 Å². The third-order valence-electron chi connectivity index (χ3n) is 3.82. The van der Waals surface area contributed by atoms with Crippen molar-refractivity contribution in [2.45, 2.75) is 6.42 Å². The first kappa shape index (κ1) is 13.3. The van der Waals surface area contributed by atoms with Crippen LogP contribution in [0.25, 0.3) is 16.9 Å². The first-order chi connectivity index (χ1) is 10.7. The zero-order chi connectivity index (χ0) is 15.1. The molecule has 0 unspecified atom stereocenters. The van der Waals surface area contributed by atoms with Crippen LogP contribution < -0.4 is 5.32 Å². The molecule has 22 heavy (non-hydrogen) atoms. The summed E-state index contributed by atoms with van der Waals surface area (Å²) in [4.78, 5) is 0. The van der Waals surface area contributed by atoms with E-state index in [4.69, 9.17) is 16.7 Å². The lowest BCUT2D eigenvalue weighted by atomic mass is 10.1. The van der Waals surface area contributed by atoms with Gasteiger partial charge in [0.2, 0.25) is 0 Å². The molecule has 0 aliphatic carbocycles. The largest absolute Gasteiger partial charge is 0.369 e. The number of hydrogen-bond acceptors (Lipinski definition) is 2. The molecule has 4 rings (SSSR count). The average molecular weight is 314 g/mol. The lowest BCUT2D eigenvalue weighted by molar-refractivity contribution is 0.628. The lowest BCUT2D eigenvalue weighted by Gasteiger charge is -2.06. The van der Waals surface area contributed by atoms with Crippen molar-refractivity contribution < 1.29 is 4.39 Å². The van der Waals surface area contributed by atoms with Crippen LogP contribution in [0.5, 0.6) is 0 Å². The monoisotopic (exact) mass is 313 g/mol. The number of hydrogen-bond donors (Lipinski definition) is 1. The molecule has 1 aliphatic heterocycles. The summed E-state index contributed by atoms with van der Waals surface area (Å²) in [7, 11) is 0. The van der Waals surface area contributed by atoms with Gasteiger partial charge in [0.15, 0.2) is 0 Å². The van der Waals surface area contributed by atoms with Crippen molar-refractivity contribution in [3.8, 4) is 16.9 Å². The van der Waals surface area contributed by atoms with E-state index in [1.165, 1.54) is 12.1 Å². The van der Waals surface area contributed by atoms with Crippen LogP contribution in [0.15, 0.2) is 48.5 Å². The van der Waals surface area contributed by atoms with Gasteiger partial charge in [0.05, 0.1) is 11.4 Å². The molecule has 0 spiro atoms. The molecule has 0 bridgehead atoms. The van der Waals surface area contributed by atoms with E-state index in [2.05, 4.69) is 5.32 Å². The molecule has 2 heterocycles. The molecule has 0 radical (unpaired) electrons. The second-order valence-electron chi connectivity index (χ2n) is 5.25. The van der Waals surface area contributed by atoms with E-state index in [0.29, 0.717) is 5.02 Å². The van der Waals surface area contributed by atoms with Gasteiger partial charge in [-0.15, -0.1) is 0 Å². The molecule has 1 aromatic heterocycles. The van der Waals surface area contributed by atoms with E-state index in [9.17, 15) is 4.39 Å². The van der Waals surface area contributed by atoms with Gasteiger partial charge in [0.1, 0.15) is 11.6 Å². The second-order valence-corrected chi connectivity index (χ2v) is 5.69. The van der Waals surface area contributed by atoms with E-state index >= 15 is 0 Å². The number of nitrogens with one attached hydrogen (secondary N) is 1. The molecule has 110 valence electrons. The molecule has 3 aromatic rings. The summed E-state index contributed by atoms with van der Waals surface area (Å²) in [5.41, 5.74) is 3.88. The minimum atomic E-state index is -0.243. The van der Waals surface area contributed by atoms with Crippen molar-refractivity contribution >= 4 is 17.4 Å². The van der Waals surface area contributed by atoms with Gasteiger partial charge in [-0.25, -0.2) is 9.07 Å². The second kappa shape index (κ2) is 5.14. The van der Waals surface area contributed by atoms with Gasteiger partial charge >= 0.3 is 0 Å². The van der Waals surface area contributed by atoms with E-state index < -0.39 is 0 Å². The van der Waals surface area contributed by atoms with Crippen LogP contribution in [0, 0.1) is 5.82 Å². The van der Waals surface area contributed by atoms with E-state index in [-0.39, 0.29) is 5.82 Å². The Balaban J connectivity index is 1.88. The van der Waals surface area contributed by atoms with Gasteiger partial charge in [-0.1, -0.05) is 17.7 Å². The lowest BCUT2D eigenvalue weighted by Crippen LogP contribution is -2.04. The SMILES string of the molecule is Fc1ccc(-c2nn(-c3cccc(Cl)c3)c3c2CCN3)cc1. The number of halogens is 2. The van der Waals surface area contributed by atoms with Crippen LogP contribution in [0.1, 0.15) is 5.56 Å². The number of rotatable bonds is 2. The molecule has 1 N–H and O–H groups in total. The summed E-state index contributed by atoms with van der Waals surface area (Å²) in [6.07, 6.45) is 0.905. The Labute approximate surface area is 132 Å². The minimum absolute atomic E-state index is 0.243. The van der Waals surface area contributed by atoms with Crippen LogP contribution in [0.4, 0.5) is 10.2 Å². The molecule has 5 heteroatoms. The first-order valence-electron chi connectivity index (χ1n) is 7.10. The smallest absolute Gasteiger partial charge is 0.133 e. The molecular formula is C17H13ClFN3. The maximum Gasteiger partial charge on any atom is 0.133 e. The Hall–Kier alpha value is -2.33. The predicted molar refractivity (Wildman–Crippen MR) is 86.2 cm³/mol. The number of aromatic nitrogens is 2. The molecule has 0 atom stereocenters. The number of nitrogens with zero attached hydrogens (tertiary/aromatic N) is 2. The van der Waals surface area contributed by atoms with Crippen molar-refractivity contribution in [1.29, 1.82) is 0 Å². The van der Waals surface area contributed by atoms with Crippen LogP contribution in [-0.2, 0) is 6.42 Å². The quantitative estimate of drug-likeness (QED) is 0.764. The van der Waals surface area contributed by atoms with Crippen molar-refractivity contribution in [2.24, 2.45) is 0 Å². The van der Waals surface area contributed by atoms with Crippen molar-refractivity contribution in [2.75, 3.05) is 11.9 Å². The van der Waals surface area contributed by atoms with Gasteiger partial charge in [0.25, 0.3) is 0 Å². The molecular weight excluding hydrogens is 301 g/mol. The Morgan fingerprint density at radius 3 is 2.73 bits per heavy atom. The summed E-state index contributed by atoms with van der Waals surface area (Å²) in [5, 5.41) is 8.76. The molecule has 2 aromatic carbocycles. The summed E-state index contributed by atoms with van der Waals surface area (Å²) in [5.74, 6) is 0.745. The fourth-order valence-corrected chi connectivity index (χ4v) is 2.99.